The quantitative estimate of drug-likeness (QED) is 0.201. The Morgan fingerprint density at radius 3 is 2.45 bits per heavy atom. The van der Waals surface area contributed by atoms with Crippen LogP contribution in [0.3, 0.4) is 0 Å². The smallest absolute Gasteiger partial charge is 0.233 e. The molecule has 0 radical (unpaired) electrons. The molecular formula is C21H31N5O3. The number of rotatable bonds is 8. The lowest BCUT2D eigenvalue weighted by molar-refractivity contribution is -0.140. The number of carbonyl (C=O) groups is 3. The molecule has 1 saturated carbocycles. The van der Waals surface area contributed by atoms with Gasteiger partial charge in [0.25, 0.3) is 0 Å². The van der Waals surface area contributed by atoms with Crippen molar-refractivity contribution >= 4 is 23.7 Å². The number of nitrogens with zero attached hydrogens (tertiary/aromatic N) is 3. The zero-order chi connectivity index (χ0) is 20.4. The zero-order valence-corrected chi connectivity index (χ0v) is 17.1. The summed E-state index contributed by atoms with van der Waals surface area (Å²) in [7, 11) is 0. The number of allylic oxidation sites excluding steroid dienone is 2. The highest BCUT2D eigenvalue weighted by Crippen LogP contribution is 2.52. The number of imide groups is 1. The Hall–Kier alpha value is -2.38. The summed E-state index contributed by atoms with van der Waals surface area (Å²) in [6, 6.07) is 0. The van der Waals surface area contributed by atoms with Gasteiger partial charge in [-0.05, 0) is 38.0 Å². The molecule has 2 heterocycles. The number of hydrogen-bond donors (Lipinski definition) is 2. The van der Waals surface area contributed by atoms with Crippen molar-refractivity contribution in [1.29, 1.82) is 0 Å². The van der Waals surface area contributed by atoms with Crippen molar-refractivity contribution in [2.45, 2.75) is 32.6 Å². The highest BCUT2D eigenvalue weighted by molar-refractivity contribution is 6.06. The van der Waals surface area contributed by atoms with Crippen LogP contribution in [-0.4, -0.2) is 72.7 Å². The van der Waals surface area contributed by atoms with Crippen LogP contribution in [0.25, 0.3) is 0 Å². The summed E-state index contributed by atoms with van der Waals surface area (Å²) in [6.45, 7) is 5.82. The summed E-state index contributed by atoms with van der Waals surface area (Å²) in [5, 5.41) is 6.42. The SMILES string of the molecule is CCNC(=NCCCN1CCCC1=O)NCCN1C(=O)C2C3C=CC(C3)C2C1=O. The van der Waals surface area contributed by atoms with E-state index in [1.807, 2.05) is 11.8 Å². The molecule has 158 valence electrons. The number of guanidine groups is 1. The lowest BCUT2D eigenvalue weighted by Crippen LogP contribution is -2.43. The van der Waals surface area contributed by atoms with E-state index in [0.717, 1.165) is 38.9 Å². The Morgan fingerprint density at radius 1 is 1.10 bits per heavy atom. The summed E-state index contributed by atoms with van der Waals surface area (Å²) < 4.78 is 0. The third-order valence-corrected chi connectivity index (χ3v) is 6.56. The number of fused-ring (bicyclic) bond motifs is 5. The minimum absolute atomic E-state index is 0.00382. The van der Waals surface area contributed by atoms with Gasteiger partial charge in [-0.2, -0.15) is 0 Å². The molecule has 4 atom stereocenters. The van der Waals surface area contributed by atoms with Crippen LogP contribution in [0.4, 0.5) is 0 Å². The standard InChI is InChI=1S/C21H31N5O3/c1-2-22-21(23-8-4-11-25-10-3-5-16(25)27)24-9-12-26-19(28)17-14-6-7-15(13-14)18(17)20(26)29/h6-7,14-15,17-18H,2-5,8-13H2,1H3,(H2,22,23,24). The van der Waals surface area contributed by atoms with Crippen LogP contribution in [-0.2, 0) is 14.4 Å². The monoisotopic (exact) mass is 401 g/mol. The van der Waals surface area contributed by atoms with Gasteiger partial charge in [-0.3, -0.25) is 24.3 Å². The molecule has 0 aromatic heterocycles. The minimum Gasteiger partial charge on any atom is -0.357 e. The van der Waals surface area contributed by atoms with E-state index in [-0.39, 0.29) is 41.4 Å². The van der Waals surface area contributed by atoms with Gasteiger partial charge in [0, 0.05) is 45.7 Å². The van der Waals surface area contributed by atoms with E-state index in [1.54, 1.807) is 0 Å². The fourth-order valence-corrected chi connectivity index (χ4v) is 5.21. The van der Waals surface area contributed by atoms with Gasteiger partial charge in [-0.1, -0.05) is 12.2 Å². The zero-order valence-electron chi connectivity index (χ0n) is 17.1. The molecule has 2 aliphatic carbocycles. The first-order valence-electron chi connectivity index (χ1n) is 10.9. The first-order valence-corrected chi connectivity index (χ1v) is 10.9. The molecule has 4 rings (SSSR count). The van der Waals surface area contributed by atoms with Crippen LogP contribution < -0.4 is 10.6 Å². The van der Waals surface area contributed by atoms with Crippen LogP contribution in [0.1, 0.15) is 32.6 Å². The minimum atomic E-state index is -0.132. The van der Waals surface area contributed by atoms with Gasteiger partial charge in [0.2, 0.25) is 17.7 Å². The fraction of sp³-hybridized carbons (Fsp3) is 0.714. The molecule has 3 amide bonds. The Morgan fingerprint density at radius 2 is 1.83 bits per heavy atom. The Kier molecular flexibility index (Phi) is 5.87. The highest BCUT2D eigenvalue weighted by Gasteiger charge is 2.58. The molecule has 29 heavy (non-hydrogen) atoms. The van der Waals surface area contributed by atoms with Gasteiger partial charge >= 0.3 is 0 Å². The number of aliphatic imine (C=N–C) groups is 1. The van der Waals surface area contributed by atoms with Crippen molar-refractivity contribution in [1.82, 2.24) is 20.4 Å². The second-order valence-corrected chi connectivity index (χ2v) is 8.35. The Bertz CT molecular complexity index is 704. The molecule has 8 nitrogen and oxygen atoms in total. The molecule has 2 aliphatic heterocycles. The predicted octanol–water partition coefficient (Wildman–Crippen LogP) is 0.361. The predicted molar refractivity (Wildman–Crippen MR) is 109 cm³/mol. The van der Waals surface area contributed by atoms with Crippen LogP contribution in [0.2, 0.25) is 0 Å². The van der Waals surface area contributed by atoms with Crippen LogP contribution in [0.15, 0.2) is 17.1 Å². The summed E-state index contributed by atoms with van der Waals surface area (Å²) in [6.07, 6.45) is 7.64. The maximum absolute atomic E-state index is 12.7. The first kappa shape index (κ1) is 19.9. The van der Waals surface area contributed by atoms with Crippen molar-refractivity contribution in [3.05, 3.63) is 12.2 Å². The van der Waals surface area contributed by atoms with Gasteiger partial charge in [-0.25, -0.2) is 0 Å². The van der Waals surface area contributed by atoms with E-state index in [9.17, 15) is 14.4 Å². The average molecular weight is 402 g/mol. The topological polar surface area (TPSA) is 94.1 Å². The molecule has 0 aromatic rings. The van der Waals surface area contributed by atoms with Crippen molar-refractivity contribution in [3.8, 4) is 0 Å². The number of hydrogen-bond acceptors (Lipinski definition) is 4. The molecule has 2 saturated heterocycles. The number of amides is 3. The van der Waals surface area contributed by atoms with Gasteiger partial charge < -0.3 is 15.5 Å². The van der Waals surface area contributed by atoms with Crippen LogP contribution in [0.5, 0.6) is 0 Å². The molecule has 3 fully saturated rings. The van der Waals surface area contributed by atoms with Crippen molar-refractivity contribution in [2.75, 3.05) is 39.3 Å². The normalized spacial score (nSPS) is 30.7. The fourth-order valence-electron chi connectivity index (χ4n) is 5.21. The molecule has 4 aliphatic rings. The molecule has 4 unspecified atom stereocenters. The molecule has 0 aromatic carbocycles. The summed E-state index contributed by atoms with van der Waals surface area (Å²) in [5.41, 5.74) is 0. The van der Waals surface area contributed by atoms with Crippen molar-refractivity contribution in [2.24, 2.45) is 28.7 Å². The number of nitrogens with one attached hydrogen (secondary N) is 2. The molecule has 2 bridgehead atoms. The summed E-state index contributed by atoms with van der Waals surface area (Å²) in [5.74, 6) is 1.15. The van der Waals surface area contributed by atoms with Crippen molar-refractivity contribution in [3.63, 3.8) is 0 Å². The number of likely N-dealkylation sites (tertiary alicyclic amines) is 2. The average Bonchev–Trinajstić information content (AvgIpc) is 3.46. The summed E-state index contributed by atoms with van der Waals surface area (Å²) >= 11 is 0. The van der Waals surface area contributed by atoms with E-state index >= 15 is 0 Å². The van der Waals surface area contributed by atoms with Gasteiger partial charge in [0.1, 0.15) is 0 Å². The molecule has 0 spiro atoms. The molecular weight excluding hydrogens is 370 g/mol. The number of carbonyl (C=O) groups excluding carboxylic acids is 3. The third-order valence-electron chi connectivity index (χ3n) is 6.56. The largest absolute Gasteiger partial charge is 0.357 e. The third kappa shape index (κ3) is 3.89. The van der Waals surface area contributed by atoms with E-state index in [1.165, 1.54) is 4.90 Å². The van der Waals surface area contributed by atoms with Gasteiger partial charge in [0.15, 0.2) is 5.96 Å². The van der Waals surface area contributed by atoms with Gasteiger partial charge in [-0.15, -0.1) is 0 Å². The second-order valence-electron chi connectivity index (χ2n) is 8.35. The summed E-state index contributed by atoms with van der Waals surface area (Å²) in [4.78, 5) is 45.0. The van der Waals surface area contributed by atoms with E-state index in [2.05, 4.69) is 27.8 Å². The maximum Gasteiger partial charge on any atom is 0.233 e. The highest BCUT2D eigenvalue weighted by atomic mass is 16.2. The molecule has 2 N–H and O–H groups in total. The Balaban J connectivity index is 1.23. The second kappa shape index (κ2) is 8.55. The van der Waals surface area contributed by atoms with Gasteiger partial charge in [0.05, 0.1) is 11.8 Å². The van der Waals surface area contributed by atoms with E-state index in [4.69, 9.17) is 0 Å². The first-order chi connectivity index (χ1) is 14.1. The lowest BCUT2D eigenvalue weighted by Gasteiger charge is -2.19. The molecule has 8 heteroatoms. The lowest BCUT2D eigenvalue weighted by atomic mass is 9.85. The van der Waals surface area contributed by atoms with Crippen molar-refractivity contribution < 1.29 is 14.4 Å². The Labute approximate surface area is 171 Å². The van der Waals surface area contributed by atoms with E-state index in [0.29, 0.717) is 32.0 Å². The van der Waals surface area contributed by atoms with Crippen LogP contribution in [0, 0.1) is 23.7 Å². The maximum atomic E-state index is 12.7. The van der Waals surface area contributed by atoms with E-state index < -0.39 is 0 Å². The van der Waals surface area contributed by atoms with Crippen LogP contribution >= 0.6 is 0 Å².